The van der Waals surface area contributed by atoms with Crippen LogP contribution in [0.25, 0.3) is 11.0 Å². The molecule has 2 heterocycles. The molecule has 1 unspecified atom stereocenters. The number of imidazole rings is 1. The van der Waals surface area contributed by atoms with E-state index < -0.39 is 11.2 Å². The van der Waals surface area contributed by atoms with Crippen molar-refractivity contribution >= 4 is 34.0 Å². The lowest BCUT2D eigenvalue weighted by Gasteiger charge is -2.12. The number of aromatic amines is 1. The monoisotopic (exact) mass is 361 g/mol. The Kier molecular flexibility index (Phi) is 5.65. The van der Waals surface area contributed by atoms with Crippen molar-refractivity contribution in [1.82, 2.24) is 15.0 Å². The first-order valence-electron chi connectivity index (χ1n) is 7.58. The van der Waals surface area contributed by atoms with E-state index in [1.54, 1.807) is 18.0 Å². The molecule has 0 aliphatic rings. The van der Waals surface area contributed by atoms with Gasteiger partial charge >= 0.3 is 5.16 Å². The first-order valence-corrected chi connectivity index (χ1v) is 10.3. The van der Waals surface area contributed by atoms with Gasteiger partial charge in [-0.15, -0.1) is 0 Å². The molecule has 0 amide bonds. The molecule has 3 aromatic rings. The maximum absolute atomic E-state index is 12.6. The van der Waals surface area contributed by atoms with Crippen molar-refractivity contribution in [2.24, 2.45) is 0 Å². The molecule has 0 saturated carbocycles. The molecule has 1 atom stereocenters. The van der Waals surface area contributed by atoms with Gasteiger partial charge < -0.3 is 9.29 Å². The van der Waals surface area contributed by atoms with Gasteiger partial charge in [0.2, 0.25) is 0 Å². The largest absolute Gasteiger partial charge is 0.609 e. The number of H-pyrrole nitrogens is 1. The van der Waals surface area contributed by atoms with Crippen LogP contribution < -0.4 is 4.74 Å². The van der Waals surface area contributed by atoms with Gasteiger partial charge in [0.25, 0.3) is 0 Å². The molecule has 0 aliphatic carbocycles. The second-order valence-electron chi connectivity index (χ2n) is 5.27. The standard InChI is InChI=1S/C17H19N3O2S2/c1-12-15(18-8-7-16(12)22-9-10-23-2)11-24(21)17-19-13-5-3-4-6-14(13)20-17/h3-8H,9-11H2,1-2H3,(H,19,20). The van der Waals surface area contributed by atoms with Crippen LogP contribution in [0.5, 0.6) is 5.75 Å². The van der Waals surface area contributed by atoms with Gasteiger partial charge in [0.15, 0.2) is 5.75 Å². The minimum absolute atomic E-state index is 0.311. The minimum atomic E-state index is -1.28. The number of aromatic nitrogens is 3. The van der Waals surface area contributed by atoms with Crippen LogP contribution >= 0.6 is 11.8 Å². The molecule has 1 N–H and O–H groups in total. The third-order valence-corrected chi connectivity index (χ3v) is 5.39. The van der Waals surface area contributed by atoms with Crippen LogP contribution in [-0.4, -0.2) is 38.1 Å². The Morgan fingerprint density at radius 3 is 2.92 bits per heavy atom. The molecule has 1 aromatic carbocycles. The van der Waals surface area contributed by atoms with E-state index in [9.17, 15) is 4.55 Å². The van der Waals surface area contributed by atoms with E-state index in [0.29, 0.717) is 17.5 Å². The Hall–Kier alpha value is -1.70. The number of hydrogen-bond acceptors (Lipinski definition) is 5. The first kappa shape index (κ1) is 17.1. The van der Waals surface area contributed by atoms with Crippen molar-refractivity contribution in [3.05, 3.63) is 47.8 Å². The fourth-order valence-electron chi connectivity index (χ4n) is 2.33. The molecule has 0 spiro atoms. The molecule has 0 bridgehead atoms. The second kappa shape index (κ2) is 7.92. The van der Waals surface area contributed by atoms with Crippen LogP contribution in [0.4, 0.5) is 0 Å². The zero-order valence-corrected chi connectivity index (χ0v) is 15.2. The number of rotatable bonds is 7. The number of fused-ring (bicyclic) bond motifs is 1. The second-order valence-corrected chi connectivity index (χ2v) is 7.62. The molecule has 126 valence electrons. The van der Waals surface area contributed by atoms with E-state index in [1.165, 1.54) is 0 Å². The summed E-state index contributed by atoms with van der Waals surface area (Å²) in [5, 5.41) is 0.478. The summed E-state index contributed by atoms with van der Waals surface area (Å²) in [7, 11) is 0. The van der Waals surface area contributed by atoms with Crippen LogP contribution in [0.15, 0.2) is 41.7 Å². The van der Waals surface area contributed by atoms with E-state index in [-0.39, 0.29) is 0 Å². The summed E-state index contributed by atoms with van der Waals surface area (Å²) in [6, 6.07) is 9.51. The van der Waals surface area contributed by atoms with E-state index in [1.807, 2.05) is 43.5 Å². The number of pyridine rings is 1. The number of nitrogens with one attached hydrogen (secondary N) is 1. The lowest BCUT2D eigenvalue weighted by Crippen LogP contribution is -2.10. The first-order chi connectivity index (χ1) is 11.7. The number of benzene rings is 1. The van der Waals surface area contributed by atoms with Crippen molar-refractivity contribution < 1.29 is 9.29 Å². The molecule has 2 aromatic heterocycles. The van der Waals surface area contributed by atoms with Gasteiger partial charge in [0, 0.05) is 28.7 Å². The summed E-state index contributed by atoms with van der Waals surface area (Å²) < 4.78 is 18.4. The lowest BCUT2D eigenvalue weighted by molar-refractivity contribution is 0.341. The maximum atomic E-state index is 12.6. The minimum Gasteiger partial charge on any atom is -0.609 e. The van der Waals surface area contributed by atoms with Crippen LogP contribution in [-0.2, 0) is 16.9 Å². The summed E-state index contributed by atoms with van der Waals surface area (Å²) in [6.07, 6.45) is 3.75. The van der Waals surface area contributed by atoms with Crippen LogP contribution in [0.3, 0.4) is 0 Å². The molecule has 7 heteroatoms. The maximum Gasteiger partial charge on any atom is 0.322 e. The Morgan fingerprint density at radius 2 is 2.12 bits per heavy atom. The van der Waals surface area contributed by atoms with E-state index in [2.05, 4.69) is 15.0 Å². The zero-order valence-electron chi connectivity index (χ0n) is 13.6. The summed E-state index contributed by atoms with van der Waals surface area (Å²) in [5.74, 6) is 2.04. The Labute approximate surface area is 148 Å². The van der Waals surface area contributed by atoms with Crippen LogP contribution in [0, 0.1) is 6.92 Å². The van der Waals surface area contributed by atoms with Gasteiger partial charge in [-0.3, -0.25) is 9.97 Å². The lowest BCUT2D eigenvalue weighted by atomic mass is 10.2. The molecule has 24 heavy (non-hydrogen) atoms. The molecule has 0 saturated heterocycles. The van der Waals surface area contributed by atoms with Crippen LogP contribution in [0.2, 0.25) is 0 Å². The Balaban J connectivity index is 1.76. The van der Waals surface area contributed by atoms with Gasteiger partial charge in [-0.1, -0.05) is 12.1 Å². The normalized spacial score (nSPS) is 12.5. The number of ether oxygens (including phenoxy) is 1. The summed E-state index contributed by atoms with van der Waals surface area (Å²) in [5.41, 5.74) is 3.41. The van der Waals surface area contributed by atoms with Gasteiger partial charge in [-0.2, -0.15) is 16.7 Å². The molecule has 0 radical (unpaired) electrons. The van der Waals surface area contributed by atoms with Gasteiger partial charge in [0.05, 0.1) is 23.3 Å². The highest BCUT2D eigenvalue weighted by Crippen LogP contribution is 2.24. The van der Waals surface area contributed by atoms with Crippen molar-refractivity contribution in [3.8, 4) is 5.75 Å². The number of para-hydroxylation sites is 2. The molecule has 0 aliphatic heterocycles. The predicted octanol–water partition coefficient (Wildman–Crippen LogP) is 3.32. The molecular formula is C17H19N3O2S2. The fourth-order valence-corrected chi connectivity index (χ4v) is 3.68. The van der Waals surface area contributed by atoms with Crippen molar-refractivity contribution in [3.63, 3.8) is 0 Å². The smallest absolute Gasteiger partial charge is 0.322 e. The van der Waals surface area contributed by atoms with Gasteiger partial charge in [-0.05, 0) is 31.4 Å². The Bertz CT molecular complexity index is 789. The Morgan fingerprint density at radius 1 is 1.29 bits per heavy atom. The van der Waals surface area contributed by atoms with Crippen molar-refractivity contribution in [2.75, 3.05) is 18.6 Å². The highest BCUT2D eigenvalue weighted by Gasteiger charge is 2.20. The molecular weight excluding hydrogens is 342 g/mol. The van der Waals surface area contributed by atoms with Gasteiger partial charge in [-0.25, -0.2) is 0 Å². The fraction of sp³-hybridized carbons (Fsp3) is 0.294. The quantitative estimate of drug-likeness (QED) is 0.516. The van der Waals surface area contributed by atoms with Crippen molar-refractivity contribution in [2.45, 2.75) is 17.8 Å². The number of thioether (sulfide) groups is 1. The molecule has 5 nitrogen and oxygen atoms in total. The predicted molar refractivity (Wildman–Crippen MR) is 99.1 cm³/mol. The van der Waals surface area contributed by atoms with E-state index in [4.69, 9.17) is 4.74 Å². The third kappa shape index (κ3) is 3.85. The summed E-state index contributed by atoms with van der Waals surface area (Å²) in [4.78, 5) is 11.9. The number of hydrogen-bond donors (Lipinski definition) is 1. The average Bonchev–Trinajstić information content (AvgIpc) is 3.02. The van der Waals surface area contributed by atoms with Gasteiger partial charge in [0.1, 0.15) is 5.75 Å². The molecule has 3 rings (SSSR count). The highest BCUT2D eigenvalue weighted by molar-refractivity contribution is 7.98. The number of nitrogens with zero attached hydrogens (tertiary/aromatic N) is 2. The highest BCUT2D eigenvalue weighted by atomic mass is 32.2. The third-order valence-electron chi connectivity index (χ3n) is 3.65. The zero-order chi connectivity index (χ0) is 16.9. The van der Waals surface area contributed by atoms with E-state index >= 15 is 0 Å². The molecule has 0 fully saturated rings. The summed E-state index contributed by atoms with van der Waals surface area (Å²) in [6.45, 7) is 2.60. The van der Waals surface area contributed by atoms with Crippen molar-refractivity contribution in [1.29, 1.82) is 0 Å². The van der Waals surface area contributed by atoms with Crippen LogP contribution in [0.1, 0.15) is 11.3 Å². The van der Waals surface area contributed by atoms with E-state index in [0.717, 1.165) is 33.8 Å². The SMILES string of the molecule is CSCCOc1ccnc(C[S+]([O-])c2nc3ccccc3[nH]2)c1C. The summed E-state index contributed by atoms with van der Waals surface area (Å²) >= 11 is 0.457. The topological polar surface area (TPSA) is 73.9 Å². The average molecular weight is 361 g/mol.